The quantitative estimate of drug-likeness (QED) is 0.328. The Morgan fingerprint density at radius 2 is 1.88 bits per heavy atom. The number of benzene rings is 2. The molecule has 2 aliphatic rings. The van der Waals surface area contributed by atoms with Crippen molar-refractivity contribution in [2.75, 3.05) is 33.3 Å². The van der Waals surface area contributed by atoms with Gasteiger partial charge in [-0.25, -0.2) is 0 Å². The van der Waals surface area contributed by atoms with Crippen molar-refractivity contribution in [1.29, 1.82) is 0 Å². The Hall–Kier alpha value is -4.25. The summed E-state index contributed by atoms with van der Waals surface area (Å²) in [5.41, 5.74) is 1.31. The molecule has 0 unspecified atom stereocenters. The number of hydrogen-bond donors (Lipinski definition) is 2. The Kier molecular flexibility index (Phi) is 8.11. The van der Waals surface area contributed by atoms with Crippen LogP contribution in [0.1, 0.15) is 37.2 Å². The highest BCUT2D eigenvalue weighted by molar-refractivity contribution is 5.91. The summed E-state index contributed by atoms with van der Waals surface area (Å²) in [6, 6.07) is 16.0. The van der Waals surface area contributed by atoms with E-state index < -0.39 is 10.5 Å². The number of carbonyl (C=O) groups is 2. The minimum Gasteiger partial charge on any atom is -0.496 e. The van der Waals surface area contributed by atoms with Crippen molar-refractivity contribution in [2.45, 2.75) is 43.7 Å². The standard InChI is InChI=1S/C29H34N6O5/c1-40-26-8-3-2-7-24(26)21-9-16-33(17-10-21)28(37)29(12-14-30-15-13-29)31-27(36)20-34-18-11-25(32-34)22-5-4-6-23(19-22)35(38)39/h2-8,11,18-19,21,30H,9-10,12-17,20H2,1H3,(H,31,36). The number of rotatable bonds is 8. The molecule has 0 bridgehead atoms. The first-order valence-corrected chi connectivity index (χ1v) is 13.6. The van der Waals surface area contributed by atoms with Crippen molar-refractivity contribution >= 4 is 17.5 Å². The van der Waals surface area contributed by atoms with Gasteiger partial charge in [0.15, 0.2) is 0 Å². The number of nitro benzene ring substituents is 1. The van der Waals surface area contributed by atoms with Gasteiger partial charge in [0.1, 0.15) is 17.8 Å². The molecule has 1 aromatic heterocycles. The maximum absolute atomic E-state index is 13.9. The molecule has 2 saturated heterocycles. The number of para-hydroxylation sites is 1. The smallest absolute Gasteiger partial charge is 0.270 e. The molecule has 3 heterocycles. The van der Waals surface area contributed by atoms with Gasteiger partial charge in [-0.05, 0) is 62.4 Å². The lowest BCUT2D eigenvalue weighted by atomic mass is 9.84. The molecule has 0 atom stereocenters. The predicted molar refractivity (Wildman–Crippen MR) is 149 cm³/mol. The van der Waals surface area contributed by atoms with E-state index in [9.17, 15) is 19.7 Å². The van der Waals surface area contributed by atoms with Crippen LogP contribution in [0.15, 0.2) is 60.8 Å². The van der Waals surface area contributed by atoms with E-state index in [1.807, 2.05) is 23.1 Å². The van der Waals surface area contributed by atoms with E-state index in [1.54, 1.807) is 31.5 Å². The molecule has 11 nitrogen and oxygen atoms in total. The van der Waals surface area contributed by atoms with Crippen LogP contribution in [0.2, 0.25) is 0 Å². The second-order valence-electron chi connectivity index (χ2n) is 10.4. The normalized spacial score (nSPS) is 17.3. The van der Waals surface area contributed by atoms with Gasteiger partial charge in [0.05, 0.1) is 17.7 Å². The first kappa shape index (κ1) is 27.3. The molecule has 210 valence electrons. The number of amides is 2. The van der Waals surface area contributed by atoms with Crippen LogP contribution < -0.4 is 15.4 Å². The molecule has 2 N–H and O–H groups in total. The summed E-state index contributed by atoms with van der Waals surface area (Å²) in [4.78, 5) is 39.6. The van der Waals surface area contributed by atoms with Crippen molar-refractivity contribution in [3.63, 3.8) is 0 Å². The lowest BCUT2D eigenvalue weighted by Gasteiger charge is -2.42. The van der Waals surface area contributed by atoms with Gasteiger partial charge in [-0.3, -0.25) is 24.4 Å². The Bertz CT molecular complexity index is 1370. The SMILES string of the molecule is COc1ccccc1C1CCN(C(=O)C2(NC(=O)Cn3ccc(-c4cccc([N+](=O)[O-])c4)n3)CCNCC2)CC1. The van der Waals surface area contributed by atoms with E-state index in [2.05, 4.69) is 21.8 Å². The molecule has 0 saturated carbocycles. The van der Waals surface area contributed by atoms with Crippen molar-refractivity contribution < 1.29 is 19.2 Å². The number of nitrogens with zero attached hydrogens (tertiary/aromatic N) is 4. The largest absolute Gasteiger partial charge is 0.496 e. The van der Waals surface area contributed by atoms with Crippen LogP contribution in [0.5, 0.6) is 5.75 Å². The number of piperidine rings is 2. The highest BCUT2D eigenvalue weighted by Crippen LogP contribution is 2.35. The van der Waals surface area contributed by atoms with Crippen molar-refractivity contribution in [2.24, 2.45) is 0 Å². The third-order valence-corrected chi connectivity index (χ3v) is 7.91. The highest BCUT2D eigenvalue weighted by Gasteiger charge is 2.44. The number of aromatic nitrogens is 2. The van der Waals surface area contributed by atoms with E-state index in [1.165, 1.54) is 22.4 Å². The van der Waals surface area contributed by atoms with Crippen LogP contribution in [-0.4, -0.2) is 70.2 Å². The number of non-ortho nitro benzene ring substituents is 1. The van der Waals surface area contributed by atoms with E-state index >= 15 is 0 Å². The van der Waals surface area contributed by atoms with Crippen LogP contribution in [0.3, 0.4) is 0 Å². The molecular weight excluding hydrogens is 512 g/mol. The minimum atomic E-state index is -0.963. The summed E-state index contributed by atoms with van der Waals surface area (Å²) in [6.45, 7) is 2.47. The fourth-order valence-corrected chi connectivity index (χ4v) is 5.78. The van der Waals surface area contributed by atoms with Gasteiger partial charge >= 0.3 is 0 Å². The van der Waals surface area contributed by atoms with Gasteiger partial charge in [0, 0.05) is 37.0 Å². The number of likely N-dealkylation sites (tertiary alicyclic amines) is 1. The van der Waals surface area contributed by atoms with Gasteiger partial charge in [-0.2, -0.15) is 5.10 Å². The van der Waals surface area contributed by atoms with Gasteiger partial charge < -0.3 is 20.3 Å². The van der Waals surface area contributed by atoms with Crippen molar-refractivity contribution in [1.82, 2.24) is 25.3 Å². The first-order valence-electron chi connectivity index (χ1n) is 13.6. The van der Waals surface area contributed by atoms with Gasteiger partial charge in [0.2, 0.25) is 11.8 Å². The Labute approximate surface area is 232 Å². The molecule has 0 radical (unpaired) electrons. The fraction of sp³-hybridized carbons (Fsp3) is 0.414. The fourth-order valence-electron chi connectivity index (χ4n) is 5.78. The maximum atomic E-state index is 13.9. The number of methoxy groups -OCH3 is 1. The van der Waals surface area contributed by atoms with E-state index in [-0.39, 0.29) is 24.0 Å². The molecule has 0 spiro atoms. The highest BCUT2D eigenvalue weighted by atomic mass is 16.6. The summed E-state index contributed by atoms with van der Waals surface area (Å²) < 4.78 is 7.04. The molecule has 2 aliphatic heterocycles. The minimum absolute atomic E-state index is 0.0249. The number of nitrogens with one attached hydrogen (secondary N) is 2. The van der Waals surface area contributed by atoms with Crippen molar-refractivity contribution in [3.8, 4) is 17.0 Å². The first-order chi connectivity index (χ1) is 19.4. The molecule has 5 rings (SSSR count). The summed E-state index contributed by atoms with van der Waals surface area (Å²) in [6.07, 6.45) is 4.36. The molecular formula is C29H34N6O5. The van der Waals surface area contributed by atoms with Crippen LogP contribution in [0, 0.1) is 10.1 Å². The zero-order valence-electron chi connectivity index (χ0n) is 22.5. The third kappa shape index (κ3) is 5.84. The number of nitro groups is 1. The van der Waals surface area contributed by atoms with Gasteiger partial charge in [0.25, 0.3) is 5.69 Å². The summed E-state index contributed by atoms with van der Waals surface area (Å²) in [5.74, 6) is 0.867. The molecule has 2 amide bonds. The van der Waals surface area contributed by atoms with Crippen LogP contribution in [-0.2, 0) is 16.1 Å². The maximum Gasteiger partial charge on any atom is 0.270 e. The Morgan fingerprint density at radius 3 is 2.60 bits per heavy atom. The average molecular weight is 547 g/mol. The second-order valence-corrected chi connectivity index (χ2v) is 10.4. The zero-order valence-corrected chi connectivity index (χ0v) is 22.5. The zero-order chi connectivity index (χ0) is 28.1. The summed E-state index contributed by atoms with van der Waals surface area (Å²) in [5, 5.41) is 21.9. The van der Waals surface area contributed by atoms with Gasteiger partial charge in [-0.15, -0.1) is 0 Å². The third-order valence-electron chi connectivity index (χ3n) is 7.91. The van der Waals surface area contributed by atoms with E-state index in [0.29, 0.717) is 56.2 Å². The number of ether oxygens (including phenoxy) is 1. The van der Waals surface area contributed by atoms with E-state index in [0.717, 1.165) is 18.6 Å². The molecule has 40 heavy (non-hydrogen) atoms. The number of hydrogen-bond acceptors (Lipinski definition) is 7. The lowest BCUT2D eigenvalue weighted by molar-refractivity contribution is -0.384. The number of carbonyl (C=O) groups excluding carboxylic acids is 2. The molecule has 2 aromatic carbocycles. The molecule has 2 fully saturated rings. The monoisotopic (exact) mass is 546 g/mol. The Balaban J connectivity index is 1.24. The molecule has 11 heteroatoms. The molecule has 3 aromatic rings. The lowest BCUT2D eigenvalue weighted by Crippen LogP contribution is -2.64. The second kappa shape index (κ2) is 11.9. The van der Waals surface area contributed by atoms with Gasteiger partial charge in [-0.1, -0.05) is 30.3 Å². The molecule has 0 aliphatic carbocycles. The predicted octanol–water partition coefficient (Wildman–Crippen LogP) is 3.11. The van der Waals surface area contributed by atoms with Crippen molar-refractivity contribution in [3.05, 3.63) is 76.5 Å². The average Bonchev–Trinajstić information content (AvgIpc) is 3.45. The van der Waals surface area contributed by atoms with Crippen LogP contribution in [0.4, 0.5) is 5.69 Å². The van der Waals surface area contributed by atoms with Crippen LogP contribution in [0.25, 0.3) is 11.3 Å². The van der Waals surface area contributed by atoms with Crippen LogP contribution >= 0.6 is 0 Å². The summed E-state index contributed by atoms with van der Waals surface area (Å²) in [7, 11) is 1.68. The Morgan fingerprint density at radius 1 is 1.12 bits per heavy atom. The van der Waals surface area contributed by atoms with E-state index in [4.69, 9.17) is 4.74 Å². The summed E-state index contributed by atoms with van der Waals surface area (Å²) >= 11 is 0. The topological polar surface area (TPSA) is 132 Å².